The lowest BCUT2D eigenvalue weighted by Gasteiger charge is -2.29. The predicted molar refractivity (Wildman–Crippen MR) is 114 cm³/mol. The summed E-state index contributed by atoms with van der Waals surface area (Å²) in [6.07, 6.45) is 4.08. The third kappa shape index (κ3) is 3.16. The Morgan fingerprint density at radius 1 is 0.968 bits per heavy atom. The normalized spacial score (nSPS) is 28.0. The molecular weight excluding hydrogens is 394 g/mol. The summed E-state index contributed by atoms with van der Waals surface area (Å²) in [5.74, 6) is -1.52. The van der Waals surface area contributed by atoms with E-state index >= 15 is 0 Å². The summed E-state index contributed by atoms with van der Waals surface area (Å²) in [5, 5.41) is 4.42. The Hall–Kier alpha value is -3.02. The zero-order chi connectivity index (χ0) is 21.7. The van der Waals surface area contributed by atoms with Gasteiger partial charge >= 0.3 is 5.97 Å². The molecule has 1 N–H and O–H groups in total. The van der Waals surface area contributed by atoms with Crippen LogP contribution in [-0.2, 0) is 19.1 Å². The van der Waals surface area contributed by atoms with E-state index in [1.807, 2.05) is 18.2 Å². The van der Waals surface area contributed by atoms with Crippen LogP contribution in [0.2, 0.25) is 0 Å². The Bertz CT molecular complexity index is 1110. The van der Waals surface area contributed by atoms with Crippen LogP contribution in [0, 0.1) is 11.8 Å². The Kier molecular flexibility index (Phi) is 4.88. The van der Waals surface area contributed by atoms with Crippen molar-refractivity contribution in [3.63, 3.8) is 0 Å². The summed E-state index contributed by atoms with van der Waals surface area (Å²) in [6, 6.07) is 9.92. The molecule has 2 aromatic rings. The molecule has 1 saturated carbocycles. The molecular formula is C25H25NO5. The quantitative estimate of drug-likeness (QED) is 0.606. The Balaban J connectivity index is 1.50. The van der Waals surface area contributed by atoms with Gasteiger partial charge in [-0.15, -0.1) is 0 Å². The summed E-state index contributed by atoms with van der Waals surface area (Å²) in [4.78, 5) is 49.3. The number of Topliss-reactive ketones (excluding diaryl/α,β-unsaturated/α-hetero) is 1. The van der Waals surface area contributed by atoms with Gasteiger partial charge in [-0.3, -0.25) is 24.5 Å². The smallest absolute Gasteiger partial charge is 0.308 e. The number of carbonyl (C=O) groups is 4. The Morgan fingerprint density at radius 2 is 1.71 bits per heavy atom. The number of methoxy groups -OCH3 is 1. The van der Waals surface area contributed by atoms with E-state index in [-0.39, 0.29) is 35.9 Å². The Labute approximate surface area is 180 Å². The van der Waals surface area contributed by atoms with Crippen LogP contribution in [0.5, 0.6) is 0 Å². The van der Waals surface area contributed by atoms with Crippen molar-refractivity contribution >= 4 is 34.3 Å². The average molecular weight is 419 g/mol. The molecule has 160 valence electrons. The first-order valence-electron chi connectivity index (χ1n) is 11.0. The lowest BCUT2D eigenvalue weighted by atomic mass is 9.76. The second-order valence-corrected chi connectivity index (χ2v) is 8.94. The number of amides is 2. The number of imide groups is 1. The molecule has 1 heterocycles. The molecule has 2 fully saturated rings. The van der Waals surface area contributed by atoms with Gasteiger partial charge in [0, 0.05) is 12.0 Å². The number of piperidine rings is 1. The minimum absolute atomic E-state index is 0.0263. The SMILES string of the molecule is COC(=O)C1CCC(c2ccc3c4c(cccc24)C(=O)C3C2CCC(=O)NC2=O)CC1. The van der Waals surface area contributed by atoms with E-state index in [1.165, 1.54) is 12.7 Å². The van der Waals surface area contributed by atoms with Gasteiger partial charge in [0.1, 0.15) is 0 Å². The highest BCUT2D eigenvalue weighted by molar-refractivity contribution is 6.20. The van der Waals surface area contributed by atoms with Crippen molar-refractivity contribution in [2.45, 2.75) is 50.4 Å². The fourth-order valence-electron chi connectivity index (χ4n) is 5.82. The fraction of sp³-hybridized carbons (Fsp3) is 0.440. The van der Waals surface area contributed by atoms with Crippen molar-refractivity contribution in [2.75, 3.05) is 7.11 Å². The highest BCUT2D eigenvalue weighted by Gasteiger charge is 2.43. The summed E-state index contributed by atoms with van der Waals surface area (Å²) < 4.78 is 4.91. The zero-order valence-electron chi connectivity index (χ0n) is 17.5. The number of benzene rings is 2. The second kappa shape index (κ2) is 7.59. The molecule has 0 spiro atoms. The maximum absolute atomic E-state index is 13.3. The molecule has 0 radical (unpaired) electrons. The number of carbonyl (C=O) groups excluding carboxylic acids is 4. The third-order valence-electron chi connectivity index (χ3n) is 7.38. The molecule has 2 aromatic carbocycles. The van der Waals surface area contributed by atoms with Gasteiger partial charge in [0.15, 0.2) is 5.78 Å². The lowest BCUT2D eigenvalue weighted by Crippen LogP contribution is -2.43. The molecule has 2 amide bonds. The van der Waals surface area contributed by atoms with E-state index in [9.17, 15) is 19.2 Å². The van der Waals surface area contributed by atoms with E-state index in [0.29, 0.717) is 17.9 Å². The van der Waals surface area contributed by atoms with Crippen LogP contribution in [0.15, 0.2) is 30.3 Å². The van der Waals surface area contributed by atoms with Gasteiger partial charge in [0.25, 0.3) is 0 Å². The summed E-state index contributed by atoms with van der Waals surface area (Å²) in [6.45, 7) is 0. The maximum Gasteiger partial charge on any atom is 0.308 e. The van der Waals surface area contributed by atoms with Crippen LogP contribution in [0.4, 0.5) is 0 Å². The van der Waals surface area contributed by atoms with Crippen molar-refractivity contribution in [3.05, 3.63) is 47.0 Å². The maximum atomic E-state index is 13.3. The number of hydrogen-bond acceptors (Lipinski definition) is 5. The van der Waals surface area contributed by atoms with Crippen LogP contribution in [0.3, 0.4) is 0 Å². The van der Waals surface area contributed by atoms with Gasteiger partial charge in [0.2, 0.25) is 11.8 Å². The van der Waals surface area contributed by atoms with Crippen molar-refractivity contribution in [2.24, 2.45) is 11.8 Å². The monoisotopic (exact) mass is 419 g/mol. The van der Waals surface area contributed by atoms with E-state index in [1.54, 1.807) is 0 Å². The first-order valence-corrected chi connectivity index (χ1v) is 11.0. The summed E-state index contributed by atoms with van der Waals surface area (Å²) >= 11 is 0. The van der Waals surface area contributed by atoms with Gasteiger partial charge in [-0.25, -0.2) is 0 Å². The predicted octanol–water partition coefficient (Wildman–Crippen LogP) is 3.62. The molecule has 6 heteroatoms. The molecule has 0 bridgehead atoms. The Morgan fingerprint density at radius 3 is 2.42 bits per heavy atom. The number of rotatable bonds is 3. The standard InChI is InChI=1S/C25H25NO5/c1-31-25(30)14-7-5-13(6-8-14)15-9-10-17-21-16(15)3-2-4-18(21)23(28)22(17)19-11-12-20(27)26-24(19)29/h2-4,9-10,13-14,19,22H,5-8,11-12H2,1H3,(H,26,27,29). The minimum atomic E-state index is -0.530. The molecule has 0 aromatic heterocycles. The van der Waals surface area contributed by atoms with Gasteiger partial charge in [0.05, 0.1) is 24.9 Å². The van der Waals surface area contributed by atoms with Crippen LogP contribution in [0.1, 0.15) is 71.8 Å². The minimum Gasteiger partial charge on any atom is -0.469 e. The number of nitrogens with one attached hydrogen (secondary N) is 1. The van der Waals surface area contributed by atoms with Gasteiger partial charge in [-0.2, -0.15) is 0 Å². The molecule has 2 atom stereocenters. The number of ether oxygens (including phenoxy) is 1. The number of esters is 1. The van der Waals surface area contributed by atoms with Crippen molar-refractivity contribution in [3.8, 4) is 0 Å². The molecule has 31 heavy (non-hydrogen) atoms. The van der Waals surface area contributed by atoms with Crippen LogP contribution < -0.4 is 5.32 Å². The first kappa shape index (κ1) is 19.9. The molecule has 1 saturated heterocycles. The number of hydrogen-bond donors (Lipinski definition) is 1. The molecule has 2 unspecified atom stereocenters. The van der Waals surface area contributed by atoms with Crippen molar-refractivity contribution < 1.29 is 23.9 Å². The summed E-state index contributed by atoms with van der Waals surface area (Å²) in [7, 11) is 1.44. The largest absolute Gasteiger partial charge is 0.469 e. The number of ketones is 1. The van der Waals surface area contributed by atoms with Crippen molar-refractivity contribution in [1.29, 1.82) is 0 Å². The molecule has 6 nitrogen and oxygen atoms in total. The van der Waals surface area contributed by atoms with Crippen molar-refractivity contribution in [1.82, 2.24) is 5.32 Å². The molecule has 3 aliphatic rings. The highest BCUT2D eigenvalue weighted by atomic mass is 16.5. The van der Waals surface area contributed by atoms with E-state index in [0.717, 1.165) is 42.0 Å². The zero-order valence-corrected chi connectivity index (χ0v) is 17.5. The lowest BCUT2D eigenvalue weighted by molar-refractivity contribution is -0.146. The summed E-state index contributed by atoms with van der Waals surface area (Å²) in [5.41, 5.74) is 2.78. The van der Waals surface area contributed by atoms with Crippen LogP contribution >= 0.6 is 0 Å². The third-order valence-corrected chi connectivity index (χ3v) is 7.38. The highest BCUT2D eigenvalue weighted by Crippen LogP contribution is 2.47. The molecule has 2 aliphatic carbocycles. The average Bonchev–Trinajstić information content (AvgIpc) is 3.07. The van der Waals surface area contributed by atoms with Gasteiger partial charge < -0.3 is 4.74 Å². The molecule has 1 aliphatic heterocycles. The van der Waals surface area contributed by atoms with Gasteiger partial charge in [-0.1, -0.05) is 30.3 Å². The van der Waals surface area contributed by atoms with Crippen LogP contribution in [-0.4, -0.2) is 30.7 Å². The fourth-order valence-corrected chi connectivity index (χ4v) is 5.82. The second-order valence-electron chi connectivity index (χ2n) is 8.94. The van der Waals surface area contributed by atoms with E-state index in [2.05, 4.69) is 17.4 Å². The molecule has 5 rings (SSSR count). The van der Waals surface area contributed by atoms with E-state index < -0.39 is 11.8 Å². The van der Waals surface area contributed by atoms with Crippen LogP contribution in [0.25, 0.3) is 10.8 Å². The first-order chi connectivity index (χ1) is 15.0. The van der Waals surface area contributed by atoms with Gasteiger partial charge in [-0.05, 0) is 59.9 Å². The van der Waals surface area contributed by atoms with E-state index in [4.69, 9.17) is 4.74 Å². The topological polar surface area (TPSA) is 89.5 Å².